The van der Waals surface area contributed by atoms with Crippen LogP contribution in [-0.4, -0.2) is 22.8 Å². The number of anilines is 1. The maximum Gasteiger partial charge on any atom is 0.273 e. The number of H-pyrrole nitrogens is 1. The van der Waals surface area contributed by atoms with E-state index >= 15 is 0 Å². The Kier molecular flexibility index (Phi) is 5.20. The number of benzene rings is 2. The van der Waals surface area contributed by atoms with Crippen molar-refractivity contribution in [2.24, 2.45) is 0 Å². The van der Waals surface area contributed by atoms with E-state index in [0.717, 1.165) is 0 Å². The molecule has 26 heavy (non-hydrogen) atoms. The number of nitrogens with one attached hydrogen (secondary N) is 3. The zero-order valence-corrected chi connectivity index (χ0v) is 15.7. The lowest BCUT2D eigenvalue weighted by Crippen LogP contribution is -2.31. The SMILES string of the molecule is CC(C)NC(=O)c1ccccc1NC(=O)c1[nH]c2ccc(Cl)cc2c1Cl. The second-order valence-corrected chi connectivity index (χ2v) is 6.95. The Balaban J connectivity index is 1.92. The zero-order chi connectivity index (χ0) is 18.8. The molecule has 0 saturated carbocycles. The summed E-state index contributed by atoms with van der Waals surface area (Å²) in [4.78, 5) is 28.0. The highest BCUT2D eigenvalue weighted by molar-refractivity contribution is 6.40. The van der Waals surface area contributed by atoms with Gasteiger partial charge in [0.05, 0.1) is 16.3 Å². The van der Waals surface area contributed by atoms with Gasteiger partial charge < -0.3 is 15.6 Å². The molecule has 5 nitrogen and oxygen atoms in total. The van der Waals surface area contributed by atoms with Gasteiger partial charge in [0, 0.05) is 22.0 Å². The van der Waals surface area contributed by atoms with Gasteiger partial charge in [-0.25, -0.2) is 0 Å². The third kappa shape index (κ3) is 3.69. The average molecular weight is 390 g/mol. The summed E-state index contributed by atoms with van der Waals surface area (Å²) in [5, 5.41) is 7.03. The van der Waals surface area contributed by atoms with Crippen molar-refractivity contribution in [1.29, 1.82) is 0 Å². The molecule has 3 aromatic rings. The zero-order valence-electron chi connectivity index (χ0n) is 14.2. The average Bonchev–Trinajstić information content (AvgIpc) is 2.91. The Hall–Kier alpha value is -2.50. The lowest BCUT2D eigenvalue weighted by molar-refractivity contribution is 0.0944. The number of carbonyl (C=O) groups excluding carboxylic acids is 2. The second kappa shape index (κ2) is 7.40. The highest BCUT2D eigenvalue weighted by Gasteiger charge is 2.19. The summed E-state index contributed by atoms with van der Waals surface area (Å²) >= 11 is 12.3. The normalized spacial score (nSPS) is 11.0. The van der Waals surface area contributed by atoms with Gasteiger partial charge in [-0.3, -0.25) is 9.59 Å². The standard InChI is InChI=1S/C19H17Cl2N3O2/c1-10(2)22-18(25)12-5-3-4-6-14(12)24-19(26)17-16(21)13-9-11(20)7-8-15(13)23-17/h3-10,23H,1-2H3,(H,22,25)(H,24,26). The Morgan fingerprint density at radius 1 is 1.04 bits per heavy atom. The van der Waals surface area contributed by atoms with E-state index in [9.17, 15) is 9.59 Å². The molecule has 0 bridgehead atoms. The third-order valence-electron chi connectivity index (χ3n) is 3.76. The molecule has 0 aliphatic carbocycles. The number of aromatic nitrogens is 1. The van der Waals surface area contributed by atoms with E-state index in [-0.39, 0.29) is 22.7 Å². The van der Waals surface area contributed by atoms with E-state index in [4.69, 9.17) is 23.2 Å². The molecule has 3 rings (SSSR count). The molecule has 0 aliphatic rings. The summed E-state index contributed by atoms with van der Waals surface area (Å²) < 4.78 is 0. The van der Waals surface area contributed by atoms with Gasteiger partial charge in [-0.1, -0.05) is 35.3 Å². The van der Waals surface area contributed by atoms with Crippen molar-refractivity contribution in [3.63, 3.8) is 0 Å². The van der Waals surface area contributed by atoms with Gasteiger partial charge in [0.1, 0.15) is 5.69 Å². The Morgan fingerprint density at radius 2 is 1.77 bits per heavy atom. The van der Waals surface area contributed by atoms with E-state index < -0.39 is 5.91 Å². The number of carbonyl (C=O) groups is 2. The maximum absolute atomic E-state index is 12.7. The number of para-hydroxylation sites is 1. The van der Waals surface area contributed by atoms with Crippen molar-refractivity contribution in [2.45, 2.75) is 19.9 Å². The smallest absolute Gasteiger partial charge is 0.273 e. The minimum atomic E-state index is -0.438. The van der Waals surface area contributed by atoms with Gasteiger partial charge in [-0.15, -0.1) is 0 Å². The predicted octanol–water partition coefficient (Wildman–Crippen LogP) is 4.87. The first-order valence-corrected chi connectivity index (χ1v) is 8.80. The van der Waals surface area contributed by atoms with Crippen molar-refractivity contribution < 1.29 is 9.59 Å². The number of fused-ring (bicyclic) bond motifs is 1. The van der Waals surface area contributed by atoms with Crippen LogP contribution in [0.4, 0.5) is 5.69 Å². The van der Waals surface area contributed by atoms with Crippen molar-refractivity contribution in [3.05, 3.63) is 63.8 Å². The van der Waals surface area contributed by atoms with E-state index in [0.29, 0.717) is 27.2 Å². The molecular weight excluding hydrogens is 373 g/mol. The molecule has 0 unspecified atom stereocenters. The molecule has 0 spiro atoms. The molecule has 0 saturated heterocycles. The van der Waals surface area contributed by atoms with Crippen molar-refractivity contribution in [2.75, 3.05) is 5.32 Å². The van der Waals surface area contributed by atoms with Crippen molar-refractivity contribution in [3.8, 4) is 0 Å². The second-order valence-electron chi connectivity index (χ2n) is 6.13. The fourth-order valence-electron chi connectivity index (χ4n) is 2.60. The molecule has 1 aromatic heterocycles. The van der Waals surface area contributed by atoms with E-state index in [1.54, 1.807) is 42.5 Å². The van der Waals surface area contributed by atoms with Crippen LogP contribution in [-0.2, 0) is 0 Å². The molecule has 134 valence electrons. The van der Waals surface area contributed by atoms with Crippen molar-refractivity contribution in [1.82, 2.24) is 10.3 Å². The monoisotopic (exact) mass is 389 g/mol. The minimum absolute atomic E-state index is 0.0147. The fourth-order valence-corrected chi connectivity index (χ4v) is 3.06. The number of amides is 2. The third-order valence-corrected chi connectivity index (χ3v) is 4.39. The highest BCUT2D eigenvalue weighted by atomic mass is 35.5. The van der Waals surface area contributed by atoms with Gasteiger partial charge in [0.15, 0.2) is 0 Å². The first-order chi connectivity index (χ1) is 12.4. The van der Waals surface area contributed by atoms with Gasteiger partial charge in [0.25, 0.3) is 11.8 Å². The summed E-state index contributed by atoms with van der Waals surface area (Å²) in [6, 6.07) is 11.9. The van der Waals surface area contributed by atoms with Crippen LogP contribution < -0.4 is 10.6 Å². The van der Waals surface area contributed by atoms with Gasteiger partial charge in [0.2, 0.25) is 0 Å². The van der Waals surface area contributed by atoms with Crippen molar-refractivity contribution >= 4 is 51.6 Å². The van der Waals surface area contributed by atoms with Crippen LogP contribution in [0.15, 0.2) is 42.5 Å². The Labute approximate surface area is 160 Å². The molecule has 0 fully saturated rings. The first kappa shape index (κ1) is 18.3. The summed E-state index contributed by atoms with van der Waals surface area (Å²) in [6.07, 6.45) is 0. The summed E-state index contributed by atoms with van der Waals surface area (Å²) in [6.45, 7) is 3.74. The lowest BCUT2D eigenvalue weighted by Gasteiger charge is -2.13. The highest BCUT2D eigenvalue weighted by Crippen LogP contribution is 2.30. The maximum atomic E-state index is 12.7. The molecule has 2 amide bonds. The molecule has 3 N–H and O–H groups in total. The van der Waals surface area contributed by atoms with Crippen LogP contribution >= 0.6 is 23.2 Å². The summed E-state index contributed by atoms with van der Waals surface area (Å²) in [5.74, 6) is -0.697. The lowest BCUT2D eigenvalue weighted by atomic mass is 10.1. The van der Waals surface area contributed by atoms with Crippen LogP contribution in [0.1, 0.15) is 34.7 Å². The van der Waals surface area contributed by atoms with Crippen LogP contribution in [0.3, 0.4) is 0 Å². The first-order valence-electron chi connectivity index (χ1n) is 8.04. The van der Waals surface area contributed by atoms with Crippen LogP contribution in [0.25, 0.3) is 10.9 Å². The summed E-state index contributed by atoms with van der Waals surface area (Å²) in [7, 11) is 0. The minimum Gasteiger partial charge on any atom is -0.350 e. The predicted molar refractivity (Wildman–Crippen MR) is 105 cm³/mol. The van der Waals surface area contributed by atoms with Crippen LogP contribution in [0.2, 0.25) is 10.0 Å². The molecule has 7 heteroatoms. The molecule has 0 aliphatic heterocycles. The van der Waals surface area contributed by atoms with E-state index in [1.807, 2.05) is 13.8 Å². The van der Waals surface area contributed by atoms with Gasteiger partial charge >= 0.3 is 0 Å². The van der Waals surface area contributed by atoms with Crippen LogP contribution in [0, 0.1) is 0 Å². The van der Waals surface area contributed by atoms with E-state index in [1.165, 1.54) is 0 Å². The Bertz CT molecular complexity index is 996. The van der Waals surface area contributed by atoms with Gasteiger partial charge in [-0.2, -0.15) is 0 Å². The Morgan fingerprint density at radius 3 is 2.50 bits per heavy atom. The number of halogens is 2. The molecule has 1 heterocycles. The van der Waals surface area contributed by atoms with E-state index in [2.05, 4.69) is 15.6 Å². The quantitative estimate of drug-likeness (QED) is 0.595. The number of hydrogen-bond acceptors (Lipinski definition) is 2. The van der Waals surface area contributed by atoms with Crippen LogP contribution in [0.5, 0.6) is 0 Å². The summed E-state index contributed by atoms with van der Waals surface area (Å²) in [5.41, 5.74) is 1.70. The number of rotatable bonds is 4. The molecule has 0 radical (unpaired) electrons. The fraction of sp³-hybridized carbons (Fsp3) is 0.158. The number of aromatic amines is 1. The molecular formula is C19H17Cl2N3O2. The topological polar surface area (TPSA) is 74.0 Å². The molecule has 2 aromatic carbocycles. The van der Waals surface area contributed by atoms with Gasteiger partial charge in [-0.05, 0) is 44.2 Å². The number of hydrogen-bond donors (Lipinski definition) is 3. The largest absolute Gasteiger partial charge is 0.350 e. The molecule has 0 atom stereocenters.